The van der Waals surface area contributed by atoms with Crippen LogP contribution in [0.5, 0.6) is 0 Å². The highest BCUT2D eigenvalue weighted by Crippen LogP contribution is 2.30. The van der Waals surface area contributed by atoms with E-state index in [0.29, 0.717) is 17.6 Å². The van der Waals surface area contributed by atoms with Crippen LogP contribution in [0.2, 0.25) is 0 Å². The number of carbonyl (C=O) groups excluding carboxylic acids is 1. The van der Waals surface area contributed by atoms with Gasteiger partial charge in [0, 0.05) is 31.1 Å². The van der Waals surface area contributed by atoms with E-state index in [4.69, 9.17) is 0 Å². The van der Waals surface area contributed by atoms with Crippen molar-refractivity contribution < 1.29 is 4.79 Å². The van der Waals surface area contributed by atoms with Crippen LogP contribution in [0.3, 0.4) is 0 Å². The van der Waals surface area contributed by atoms with Gasteiger partial charge in [-0.05, 0) is 31.1 Å². The first-order valence-corrected chi connectivity index (χ1v) is 8.60. The number of likely N-dealkylation sites (N-methyl/N-ethyl adjacent to an activating group) is 1. The molecule has 5 nitrogen and oxygen atoms in total. The number of nitrogens with zero attached hydrogens (tertiary/aromatic N) is 2. The molecule has 3 rings (SSSR count). The van der Waals surface area contributed by atoms with E-state index in [1.165, 1.54) is 4.57 Å². The molecule has 0 saturated carbocycles. The number of aromatic nitrogens is 1. The van der Waals surface area contributed by atoms with Crippen molar-refractivity contribution in [2.45, 2.75) is 0 Å². The van der Waals surface area contributed by atoms with E-state index in [1.54, 1.807) is 13.1 Å². The van der Waals surface area contributed by atoms with Gasteiger partial charge in [0.25, 0.3) is 11.5 Å². The second-order valence-corrected chi connectivity index (χ2v) is 6.56. The fourth-order valence-corrected chi connectivity index (χ4v) is 3.10. The molecule has 0 fully saturated rings. The van der Waals surface area contributed by atoms with Crippen LogP contribution in [0.15, 0.2) is 59.4 Å². The van der Waals surface area contributed by atoms with E-state index in [1.807, 2.05) is 67.5 Å². The molecule has 0 unspecified atom stereocenters. The predicted molar refractivity (Wildman–Crippen MR) is 106 cm³/mol. The van der Waals surface area contributed by atoms with Crippen molar-refractivity contribution >= 4 is 16.7 Å². The lowest BCUT2D eigenvalue weighted by Gasteiger charge is -2.18. The number of hydrogen-bond acceptors (Lipinski definition) is 3. The molecule has 1 amide bonds. The second kappa shape index (κ2) is 7.54. The highest BCUT2D eigenvalue weighted by atomic mass is 16.2. The Morgan fingerprint density at radius 3 is 2.27 bits per heavy atom. The highest BCUT2D eigenvalue weighted by molar-refractivity contribution is 6.08. The van der Waals surface area contributed by atoms with Gasteiger partial charge in [-0.15, -0.1) is 0 Å². The molecule has 0 aliphatic rings. The molecule has 26 heavy (non-hydrogen) atoms. The Hall–Kier alpha value is -2.92. The minimum absolute atomic E-state index is 0.168. The van der Waals surface area contributed by atoms with E-state index in [0.717, 1.165) is 23.1 Å². The van der Waals surface area contributed by atoms with Gasteiger partial charge in [0.1, 0.15) is 5.69 Å². The molecule has 2 aromatic carbocycles. The van der Waals surface area contributed by atoms with Crippen LogP contribution in [-0.2, 0) is 7.05 Å². The molecule has 0 saturated heterocycles. The third kappa shape index (κ3) is 3.39. The van der Waals surface area contributed by atoms with Crippen LogP contribution < -0.4 is 10.9 Å². The van der Waals surface area contributed by atoms with Crippen LogP contribution >= 0.6 is 0 Å². The average Bonchev–Trinajstić information content (AvgIpc) is 2.64. The maximum Gasteiger partial charge on any atom is 0.268 e. The molecule has 0 spiro atoms. The number of rotatable bonds is 5. The lowest BCUT2D eigenvalue weighted by Crippen LogP contribution is -2.35. The van der Waals surface area contributed by atoms with Gasteiger partial charge in [0.2, 0.25) is 0 Å². The summed E-state index contributed by atoms with van der Waals surface area (Å²) in [6.45, 7) is 1.25. The van der Waals surface area contributed by atoms with Gasteiger partial charge >= 0.3 is 0 Å². The maximum absolute atomic E-state index is 12.9. The van der Waals surface area contributed by atoms with Crippen molar-refractivity contribution in [1.82, 2.24) is 14.8 Å². The first-order valence-electron chi connectivity index (χ1n) is 8.60. The van der Waals surface area contributed by atoms with Crippen molar-refractivity contribution in [3.8, 4) is 11.1 Å². The first kappa shape index (κ1) is 17.9. The lowest BCUT2D eigenvalue weighted by molar-refractivity contribution is 0.0942. The Balaban J connectivity index is 2.22. The van der Waals surface area contributed by atoms with Crippen LogP contribution in [0.4, 0.5) is 0 Å². The molecule has 0 aliphatic carbocycles. The van der Waals surface area contributed by atoms with E-state index >= 15 is 0 Å². The minimum atomic E-state index is -0.240. The zero-order valence-electron chi connectivity index (χ0n) is 15.3. The summed E-state index contributed by atoms with van der Waals surface area (Å²) in [5.74, 6) is -0.240. The van der Waals surface area contributed by atoms with Gasteiger partial charge in [-0.25, -0.2) is 0 Å². The van der Waals surface area contributed by atoms with Crippen molar-refractivity contribution in [3.05, 3.63) is 70.6 Å². The Bertz CT molecular complexity index is 991. The van der Waals surface area contributed by atoms with Gasteiger partial charge in [0.15, 0.2) is 0 Å². The molecule has 1 aromatic heterocycles. The van der Waals surface area contributed by atoms with Crippen LogP contribution in [0, 0.1) is 0 Å². The van der Waals surface area contributed by atoms with Crippen LogP contribution in [0.1, 0.15) is 10.5 Å². The molecule has 1 heterocycles. The largest absolute Gasteiger partial charge is 0.349 e. The van der Waals surface area contributed by atoms with E-state index in [2.05, 4.69) is 5.32 Å². The minimum Gasteiger partial charge on any atom is -0.349 e. The summed E-state index contributed by atoms with van der Waals surface area (Å²) < 4.78 is 1.45. The Labute approximate surface area is 152 Å². The van der Waals surface area contributed by atoms with Gasteiger partial charge in [-0.3, -0.25) is 9.59 Å². The smallest absolute Gasteiger partial charge is 0.268 e. The zero-order chi connectivity index (χ0) is 18.7. The van der Waals surface area contributed by atoms with Crippen LogP contribution in [-0.4, -0.2) is 42.6 Å². The number of fused-ring (bicyclic) bond motifs is 1. The van der Waals surface area contributed by atoms with Crippen molar-refractivity contribution in [3.63, 3.8) is 0 Å². The fourth-order valence-electron chi connectivity index (χ4n) is 3.10. The summed E-state index contributed by atoms with van der Waals surface area (Å²) >= 11 is 0. The van der Waals surface area contributed by atoms with Gasteiger partial charge < -0.3 is 14.8 Å². The first-order chi connectivity index (χ1) is 12.5. The summed E-state index contributed by atoms with van der Waals surface area (Å²) in [7, 11) is 5.56. The van der Waals surface area contributed by atoms with Crippen molar-refractivity contribution in [1.29, 1.82) is 0 Å². The van der Waals surface area contributed by atoms with Gasteiger partial charge in [-0.1, -0.05) is 48.5 Å². The molecule has 0 bridgehead atoms. The van der Waals surface area contributed by atoms with Gasteiger partial charge in [0.05, 0.1) is 0 Å². The van der Waals surface area contributed by atoms with E-state index in [9.17, 15) is 9.59 Å². The summed E-state index contributed by atoms with van der Waals surface area (Å²) in [5.41, 5.74) is 1.92. The molecule has 0 radical (unpaired) electrons. The summed E-state index contributed by atoms with van der Waals surface area (Å²) in [4.78, 5) is 27.7. The number of nitrogens with one attached hydrogen (secondary N) is 1. The SMILES string of the molecule is CN(C)CCNC(=O)c1c(-c2ccccc2)c2ccccc2c(=O)n1C. The van der Waals surface area contributed by atoms with Crippen LogP contribution in [0.25, 0.3) is 21.9 Å². The Morgan fingerprint density at radius 2 is 1.62 bits per heavy atom. The molecular weight excluding hydrogens is 326 g/mol. The molecule has 5 heteroatoms. The average molecular weight is 349 g/mol. The fraction of sp³-hybridized carbons (Fsp3) is 0.238. The molecule has 0 aliphatic heterocycles. The maximum atomic E-state index is 12.9. The highest BCUT2D eigenvalue weighted by Gasteiger charge is 2.21. The third-order valence-electron chi connectivity index (χ3n) is 4.43. The molecule has 3 aromatic rings. The number of benzene rings is 2. The third-order valence-corrected chi connectivity index (χ3v) is 4.43. The predicted octanol–water partition coefficient (Wildman–Crippen LogP) is 2.50. The second-order valence-electron chi connectivity index (χ2n) is 6.56. The summed E-state index contributed by atoms with van der Waals surface area (Å²) in [5, 5.41) is 4.33. The Morgan fingerprint density at radius 1 is 1.00 bits per heavy atom. The van der Waals surface area contributed by atoms with Crippen molar-refractivity contribution in [2.24, 2.45) is 7.05 Å². The molecule has 1 N–H and O–H groups in total. The molecule has 0 atom stereocenters. The number of pyridine rings is 1. The van der Waals surface area contributed by atoms with E-state index in [-0.39, 0.29) is 11.5 Å². The van der Waals surface area contributed by atoms with E-state index < -0.39 is 0 Å². The Kier molecular flexibility index (Phi) is 5.19. The quantitative estimate of drug-likeness (QED) is 0.770. The standard InChI is InChI=1S/C21H23N3O2/c1-23(2)14-13-22-20(25)19-18(15-9-5-4-6-10-15)16-11-7-8-12-17(16)21(26)24(19)3/h4-12H,13-14H2,1-3H3,(H,22,25). The monoisotopic (exact) mass is 349 g/mol. The number of hydrogen-bond donors (Lipinski definition) is 1. The normalized spacial score (nSPS) is 11.1. The van der Waals surface area contributed by atoms with Gasteiger partial charge in [-0.2, -0.15) is 0 Å². The molecule has 134 valence electrons. The molecular formula is C21H23N3O2. The summed E-state index contributed by atoms with van der Waals surface area (Å²) in [6.07, 6.45) is 0. The summed E-state index contributed by atoms with van der Waals surface area (Å²) in [6, 6.07) is 17.2. The van der Waals surface area contributed by atoms with Crippen molar-refractivity contribution in [2.75, 3.05) is 27.2 Å². The topological polar surface area (TPSA) is 54.3 Å². The number of amides is 1. The number of carbonyl (C=O) groups is 1. The lowest BCUT2D eigenvalue weighted by atomic mass is 9.96. The zero-order valence-corrected chi connectivity index (χ0v) is 15.3.